The SMILES string of the molecule is Cc1csc(CC(CNCC(C)C)c2ccccc2Cl)n1. The molecule has 0 bridgehead atoms. The van der Waals surface area contributed by atoms with Crippen LogP contribution in [0.2, 0.25) is 5.02 Å². The maximum Gasteiger partial charge on any atom is 0.0934 e. The molecule has 0 radical (unpaired) electrons. The van der Waals surface area contributed by atoms with Gasteiger partial charge in [-0.25, -0.2) is 4.98 Å². The van der Waals surface area contributed by atoms with E-state index in [9.17, 15) is 0 Å². The van der Waals surface area contributed by atoms with Gasteiger partial charge in [0, 0.05) is 35.0 Å². The van der Waals surface area contributed by atoms with Crippen molar-refractivity contribution in [1.82, 2.24) is 10.3 Å². The quantitative estimate of drug-likeness (QED) is 0.800. The van der Waals surface area contributed by atoms with Crippen molar-refractivity contribution in [3.8, 4) is 0 Å². The molecule has 2 nitrogen and oxygen atoms in total. The summed E-state index contributed by atoms with van der Waals surface area (Å²) in [6, 6.07) is 8.14. The molecule has 21 heavy (non-hydrogen) atoms. The molecule has 1 heterocycles. The fourth-order valence-corrected chi connectivity index (χ4v) is 3.50. The summed E-state index contributed by atoms with van der Waals surface area (Å²) in [5, 5.41) is 7.70. The van der Waals surface area contributed by atoms with Crippen LogP contribution in [-0.4, -0.2) is 18.1 Å². The average Bonchev–Trinajstić information content (AvgIpc) is 2.83. The summed E-state index contributed by atoms with van der Waals surface area (Å²) in [6.45, 7) is 8.45. The van der Waals surface area contributed by atoms with Gasteiger partial charge >= 0.3 is 0 Å². The number of aromatic nitrogens is 1. The second kappa shape index (κ2) is 7.92. The van der Waals surface area contributed by atoms with Crippen LogP contribution in [-0.2, 0) is 6.42 Å². The van der Waals surface area contributed by atoms with Gasteiger partial charge in [0.15, 0.2) is 0 Å². The Morgan fingerprint density at radius 2 is 2.00 bits per heavy atom. The Hall–Kier alpha value is -0.900. The van der Waals surface area contributed by atoms with Crippen molar-refractivity contribution < 1.29 is 0 Å². The van der Waals surface area contributed by atoms with Crippen LogP contribution in [0.3, 0.4) is 0 Å². The van der Waals surface area contributed by atoms with Crippen molar-refractivity contribution in [3.05, 3.63) is 50.9 Å². The molecule has 4 heteroatoms. The van der Waals surface area contributed by atoms with Crippen molar-refractivity contribution in [2.75, 3.05) is 13.1 Å². The van der Waals surface area contributed by atoms with Crippen molar-refractivity contribution >= 4 is 22.9 Å². The Morgan fingerprint density at radius 1 is 1.24 bits per heavy atom. The first kappa shape index (κ1) is 16.5. The summed E-state index contributed by atoms with van der Waals surface area (Å²) in [7, 11) is 0. The van der Waals surface area contributed by atoms with Gasteiger partial charge in [0.1, 0.15) is 0 Å². The summed E-state index contributed by atoms with van der Waals surface area (Å²) in [5.41, 5.74) is 2.31. The van der Waals surface area contributed by atoms with Crippen molar-refractivity contribution in [1.29, 1.82) is 0 Å². The molecule has 1 N–H and O–H groups in total. The molecule has 1 aromatic heterocycles. The smallest absolute Gasteiger partial charge is 0.0934 e. The Balaban J connectivity index is 2.12. The second-order valence-electron chi connectivity index (χ2n) is 5.86. The summed E-state index contributed by atoms with van der Waals surface area (Å²) in [6.07, 6.45) is 0.938. The standard InChI is InChI=1S/C17H23ClN2S/c1-12(2)9-19-10-14(8-17-20-13(3)11-21-17)15-6-4-5-7-16(15)18/h4-7,11-12,14,19H,8-10H2,1-3H3. The minimum atomic E-state index is 0.364. The zero-order valence-electron chi connectivity index (χ0n) is 12.9. The third-order valence-electron chi connectivity index (χ3n) is 3.38. The molecule has 0 saturated carbocycles. The normalized spacial score (nSPS) is 12.8. The Labute approximate surface area is 136 Å². The number of nitrogens with one attached hydrogen (secondary N) is 1. The Bertz CT molecular complexity index is 565. The van der Waals surface area contributed by atoms with E-state index < -0.39 is 0 Å². The number of hydrogen-bond donors (Lipinski definition) is 1. The zero-order valence-corrected chi connectivity index (χ0v) is 14.5. The van der Waals surface area contributed by atoms with E-state index in [2.05, 4.69) is 41.7 Å². The molecule has 1 atom stereocenters. The molecule has 0 aliphatic heterocycles. The predicted molar refractivity (Wildman–Crippen MR) is 92.5 cm³/mol. The van der Waals surface area contributed by atoms with Gasteiger partial charge in [-0.2, -0.15) is 0 Å². The average molecular weight is 323 g/mol. The van der Waals surface area contributed by atoms with Gasteiger partial charge < -0.3 is 5.32 Å². The highest BCUT2D eigenvalue weighted by atomic mass is 35.5. The number of rotatable bonds is 7. The molecule has 0 aliphatic rings. The summed E-state index contributed by atoms with van der Waals surface area (Å²) in [5.74, 6) is 1.02. The van der Waals surface area contributed by atoms with Crippen LogP contribution in [0.25, 0.3) is 0 Å². The molecule has 1 aromatic carbocycles. The van der Waals surface area contributed by atoms with Crippen molar-refractivity contribution in [2.45, 2.75) is 33.1 Å². The molecule has 0 spiro atoms. The molecule has 1 unspecified atom stereocenters. The van der Waals surface area contributed by atoms with E-state index in [1.807, 2.05) is 19.1 Å². The third kappa shape index (κ3) is 5.10. The van der Waals surface area contributed by atoms with Gasteiger partial charge in [-0.1, -0.05) is 43.6 Å². The van der Waals surface area contributed by atoms with E-state index in [0.29, 0.717) is 11.8 Å². The first-order chi connectivity index (χ1) is 10.1. The van der Waals surface area contributed by atoms with Gasteiger partial charge in [0.05, 0.1) is 5.01 Å². The number of halogens is 1. The molecular weight excluding hydrogens is 300 g/mol. The van der Waals surface area contributed by atoms with Crippen LogP contribution in [0, 0.1) is 12.8 Å². The minimum Gasteiger partial charge on any atom is -0.316 e. The maximum absolute atomic E-state index is 6.39. The van der Waals surface area contributed by atoms with Gasteiger partial charge in [-0.15, -0.1) is 11.3 Å². The summed E-state index contributed by atoms with van der Waals surface area (Å²) < 4.78 is 0. The van der Waals surface area contributed by atoms with Gasteiger partial charge in [-0.05, 0) is 31.0 Å². The van der Waals surface area contributed by atoms with E-state index >= 15 is 0 Å². The van der Waals surface area contributed by atoms with Crippen molar-refractivity contribution in [3.63, 3.8) is 0 Å². The first-order valence-corrected chi connectivity index (χ1v) is 8.68. The van der Waals surface area contributed by atoms with Crippen LogP contribution in [0.15, 0.2) is 29.6 Å². The summed E-state index contributed by atoms with van der Waals surface area (Å²) >= 11 is 8.12. The van der Waals surface area contributed by atoms with Crippen LogP contribution >= 0.6 is 22.9 Å². The highest BCUT2D eigenvalue weighted by Crippen LogP contribution is 2.28. The van der Waals surface area contributed by atoms with E-state index in [4.69, 9.17) is 11.6 Å². The second-order valence-corrected chi connectivity index (χ2v) is 7.21. The Kier molecular flexibility index (Phi) is 6.22. The lowest BCUT2D eigenvalue weighted by molar-refractivity contribution is 0.513. The van der Waals surface area contributed by atoms with E-state index in [-0.39, 0.29) is 0 Å². The van der Waals surface area contributed by atoms with Gasteiger partial charge in [0.2, 0.25) is 0 Å². The van der Waals surface area contributed by atoms with Gasteiger partial charge in [0.25, 0.3) is 0 Å². The number of aryl methyl sites for hydroxylation is 1. The minimum absolute atomic E-state index is 0.364. The molecule has 114 valence electrons. The lowest BCUT2D eigenvalue weighted by Gasteiger charge is -2.19. The molecule has 2 rings (SSSR count). The number of nitrogens with zero attached hydrogens (tertiary/aromatic N) is 1. The van der Waals surface area contributed by atoms with E-state index in [1.165, 1.54) is 10.6 Å². The number of thiazole rings is 1. The van der Waals surface area contributed by atoms with Crippen LogP contribution in [0.5, 0.6) is 0 Å². The molecule has 2 aromatic rings. The first-order valence-electron chi connectivity index (χ1n) is 7.42. The fraction of sp³-hybridized carbons (Fsp3) is 0.471. The molecular formula is C17H23ClN2S. The Morgan fingerprint density at radius 3 is 2.62 bits per heavy atom. The lowest BCUT2D eigenvalue weighted by atomic mass is 9.95. The van der Waals surface area contributed by atoms with Crippen LogP contribution in [0.4, 0.5) is 0 Å². The van der Waals surface area contributed by atoms with Crippen LogP contribution < -0.4 is 5.32 Å². The van der Waals surface area contributed by atoms with E-state index in [0.717, 1.165) is 30.2 Å². The van der Waals surface area contributed by atoms with Crippen LogP contribution in [0.1, 0.15) is 36.0 Å². The highest BCUT2D eigenvalue weighted by molar-refractivity contribution is 7.09. The monoisotopic (exact) mass is 322 g/mol. The van der Waals surface area contributed by atoms with E-state index in [1.54, 1.807) is 11.3 Å². The fourth-order valence-electron chi connectivity index (χ4n) is 2.35. The molecule has 0 amide bonds. The predicted octanol–water partition coefficient (Wildman–Crippen LogP) is 4.68. The largest absolute Gasteiger partial charge is 0.316 e. The topological polar surface area (TPSA) is 24.9 Å². The lowest BCUT2D eigenvalue weighted by Crippen LogP contribution is -2.26. The van der Waals surface area contributed by atoms with Gasteiger partial charge in [-0.3, -0.25) is 0 Å². The number of benzene rings is 1. The third-order valence-corrected chi connectivity index (χ3v) is 4.71. The summed E-state index contributed by atoms with van der Waals surface area (Å²) in [4.78, 5) is 4.60. The molecule has 0 saturated heterocycles. The maximum atomic E-state index is 6.39. The molecule has 0 aliphatic carbocycles. The zero-order chi connectivity index (χ0) is 15.2. The highest BCUT2D eigenvalue weighted by Gasteiger charge is 2.17. The number of hydrogen-bond acceptors (Lipinski definition) is 3. The molecule has 0 fully saturated rings. The van der Waals surface area contributed by atoms with Crippen molar-refractivity contribution in [2.24, 2.45) is 5.92 Å².